The number of benzene rings is 2. The van der Waals surface area contributed by atoms with E-state index in [0.717, 1.165) is 25.7 Å². The van der Waals surface area contributed by atoms with Crippen LogP contribution in [0.4, 0.5) is 0 Å². The lowest BCUT2D eigenvalue weighted by Crippen LogP contribution is -2.49. The van der Waals surface area contributed by atoms with Gasteiger partial charge in [0.25, 0.3) is 0 Å². The van der Waals surface area contributed by atoms with E-state index in [1.165, 1.54) is 11.1 Å². The first-order chi connectivity index (χ1) is 14.9. The summed E-state index contributed by atoms with van der Waals surface area (Å²) < 4.78 is 0. The van der Waals surface area contributed by atoms with Crippen LogP contribution in [0.25, 0.3) is 0 Å². The Kier molecular flexibility index (Phi) is 12.0. The molecule has 2 rings (SSSR count). The van der Waals surface area contributed by atoms with Gasteiger partial charge < -0.3 is 11.1 Å². The fourth-order valence-corrected chi connectivity index (χ4v) is 4.62. The second-order valence-electron chi connectivity index (χ2n) is 10.4. The molecular weight excluding hydrogens is 416 g/mol. The van der Waals surface area contributed by atoms with E-state index in [0.29, 0.717) is 11.8 Å². The molecule has 0 radical (unpaired) electrons. The Morgan fingerprint density at radius 2 is 1.28 bits per heavy atom. The molecule has 2 aromatic rings. The molecule has 32 heavy (non-hydrogen) atoms. The van der Waals surface area contributed by atoms with E-state index >= 15 is 0 Å². The number of hydrogen-bond donors (Lipinski definition) is 2. The van der Waals surface area contributed by atoms with Crippen molar-refractivity contribution in [1.82, 2.24) is 5.32 Å². The van der Waals surface area contributed by atoms with E-state index in [4.69, 9.17) is 17.3 Å². The molecule has 0 bridgehead atoms. The molecule has 0 aliphatic rings. The van der Waals surface area contributed by atoms with Crippen molar-refractivity contribution in [3.63, 3.8) is 0 Å². The second kappa shape index (κ2) is 13.6. The zero-order valence-electron chi connectivity index (χ0n) is 20.8. The predicted molar refractivity (Wildman–Crippen MR) is 139 cm³/mol. The largest absolute Gasteiger partial charge is 0.350 e. The topological polar surface area (TPSA) is 55.1 Å². The third-order valence-corrected chi connectivity index (χ3v) is 5.43. The van der Waals surface area contributed by atoms with E-state index in [-0.39, 0.29) is 22.9 Å². The molecule has 4 heteroatoms. The lowest BCUT2D eigenvalue weighted by molar-refractivity contribution is -0.120. The highest BCUT2D eigenvalue weighted by molar-refractivity contribution is 6.27. The predicted octanol–water partition coefficient (Wildman–Crippen LogP) is 6.38. The summed E-state index contributed by atoms with van der Waals surface area (Å²) in [6.45, 7) is 13.0. The molecule has 2 aromatic carbocycles. The maximum Gasteiger partial charge on any atom is 0.235 e. The number of nitrogens with one attached hydrogen (secondary N) is 1. The fraction of sp³-hybridized carbons (Fsp3) is 0.536. The van der Waals surface area contributed by atoms with Gasteiger partial charge in [-0.2, -0.15) is 0 Å². The van der Waals surface area contributed by atoms with Gasteiger partial charge in [0.1, 0.15) is 5.88 Å². The first-order valence-corrected chi connectivity index (χ1v) is 12.2. The van der Waals surface area contributed by atoms with Gasteiger partial charge in [-0.05, 0) is 62.5 Å². The summed E-state index contributed by atoms with van der Waals surface area (Å²) >= 11 is 5.59. The van der Waals surface area contributed by atoms with Crippen molar-refractivity contribution in [2.75, 3.05) is 5.88 Å². The SMILES string of the molecule is CC(C)CC(C)(Cc1ccccc1)NC(=O)CCl.CC(C)CC(C)(N)Cc1ccccc1. The fourth-order valence-electron chi connectivity index (χ4n) is 4.55. The molecule has 1 amide bonds. The third-order valence-electron chi connectivity index (χ3n) is 5.18. The summed E-state index contributed by atoms with van der Waals surface area (Å²) in [5.74, 6) is 1.10. The maximum absolute atomic E-state index is 11.6. The molecule has 3 nitrogen and oxygen atoms in total. The lowest BCUT2D eigenvalue weighted by atomic mass is 9.85. The summed E-state index contributed by atoms with van der Waals surface area (Å²) in [7, 11) is 0. The number of nitrogens with two attached hydrogens (primary N) is 1. The van der Waals surface area contributed by atoms with E-state index in [1.807, 2.05) is 24.3 Å². The van der Waals surface area contributed by atoms with Crippen molar-refractivity contribution in [2.24, 2.45) is 17.6 Å². The zero-order valence-corrected chi connectivity index (χ0v) is 21.6. The molecule has 0 saturated heterocycles. The van der Waals surface area contributed by atoms with Crippen molar-refractivity contribution < 1.29 is 4.79 Å². The van der Waals surface area contributed by atoms with Crippen LogP contribution in [0.1, 0.15) is 65.5 Å². The van der Waals surface area contributed by atoms with Crippen LogP contribution in [-0.2, 0) is 17.6 Å². The van der Waals surface area contributed by atoms with Crippen molar-refractivity contribution in [3.05, 3.63) is 71.8 Å². The smallest absolute Gasteiger partial charge is 0.235 e. The molecule has 0 fully saturated rings. The highest BCUT2D eigenvalue weighted by atomic mass is 35.5. The number of rotatable bonds is 10. The maximum atomic E-state index is 11.6. The molecule has 0 saturated carbocycles. The number of hydrogen-bond acceptors (Lipinski definition) is 2. The van der Waals surface area contributed by atoms with Gasteiger partial charge in [-0.15, -0.1) is 11.6 Å². The summed E-state index contributed by atoms with van der Waals surface area (Å²) in [6.07, 6.45) is 3.80. The zero-order chi connectivity index (χ0) is 24.2. The van der Waals surface area contributed by atoms with Crippen molar-refractivity contribution in [1.29, 1.82) is 0 Å². The van der Waals surface area contributed by atoms with E-state index in [2.05, 4.69) is 83.3 Å². The molecule has 0 heterocycles. The first kappa shape index (κ1) is 28.2. The standard InChI is InChI=1S/C15H22ClNO.C13H21N/c1-12(2)9-15(3,17-14(18)11-16)10-13-7-5-4-6-8-13;1-11(2)9-13(3,14)10-12-7-5-4-6-8-12/h4-8,12H,9-11H2,1-3H3,(H,17,18);4-8,11H,9-10,14H2,1-3H3. The van der Waals surface area contributed by atoms with Gasteiger partial charge in [-0.3, -0.25) is 4.79 Å². The van der Waals surface area contributed by atoms with Crippen molar-refractivity contribution in [3.8, 4) is 0 Å². The van der Waals surface area contributed by atoms with Gasteiger partial charge in [0.2, 0.25) is 5.91 Å². The van der Waals surface area contributed by atoms with Gasteiger partial charge in [0, 0.05) is 11.1 Å². The van der Waals surface area contributed by atoms with E-state index in [1.54, 1.807) is 0 Å². The van der Waals surface area contributed by atoms with Gasteiger partial charge in [-0.1, -0.05) is 88.4 Å². The third kappa shape index (κ3) is 12.3. The summed E-state index contributed by atoms with van der Waals surface area (Å²) in [5, 5.41) is 3.05. The minimum absolute atomic E-state index is 0.0163. The lowest BCUT2D eigenvalue weighted by Gasteiger charge is -2.32. The summed E-state index contributed by atoms with van der Waals surface area (Å²) in [5.41, 5.74) is 8.50. The Bertz CT molecular complexity index is 775. The number of halogens is 1. The highest BCUT2D eigenvalue weighted by Gasteiger charge is 2.27. The van der Waals surface area contributed by atoms with Crippen LogP contribution in [-0.4, -0.2) is 22.9 Å². The number of amides is 1. The Hall–Kier alpha value is -1.84. The molecule has 2 unspecified atom stereocenters. The average Bonchev–Trinajstić information content (AvgIpc) is 2.67. The monoisotopic (exact) mass is 458 g/mol. The van der Waals surface area contributed by atoms with Crippen LogP contribution >= 0.6 is 11.6 Å². The summed E-state index contributed by atoms with van der Waals surface area (Å²) in [6, 6.07) is 20.7. The Morgan fingerprint density at radius 1 is 0.844 bits per heavy atom. The Morgan fingerprint density at radius 3 is 1.69 bits per heavy atom. The second-order valence-corrected chi connectivity index (χ2v) is 10.7. The van der Waals surface area contributed by atoms with Gasteiger partial charge in [0.05, 0.1) is 0 Å². The molecule has 0 aromatic heterocycles. The van der Waals surface area contributed by atoms with Crippen LogP contribution in [0.5, 0.6) is 0 Å². The van der Waals surface area contributed by atoms with Gasteiger partial charge in [0.15, 0.2) is 0 Å². The molecule has 178 valence electrons. The van der Waals surface area contributed by atoms with Crippen LogP contribution in [0, 0.1) is 11.8 Å². The van der Waals surface area contributed by atoms with Crippen LogP contribution in [0.3, 0.4) is 0 Å². The van der Waals surface area contributed by atoms with Crippen LogP contribution < -0.4 is 11.1 Å². The van der Waals surface area contributed by atoms with Crippen LogP contribution in [0.15, 0.2) is 60.7 Å². The van der Waals surface area contributed by atoms with Crippen molar-refractivity contribution >= 4 is 17.5 Å². The first-order valence-electron chi connectivity index (χ1n) is 11.7. The van der Waals surface area contributed by atoms with Crippen molar-refractivity contribution in [2.45, 2.75) is 78.3 Å². The minimum atomic E-state index is -0.235. The molecular formula is C28H43ClN2O. The number of alkyl halides is 1. The summed E-state index contributed by atoms with van der Waals surface area (Å²) in [4.78, 5) is 11.6. The van der Waals surface area contributed by atoms with E-state index < -0.39 is 0 Å². The average molecular weight is 459 g/mol. The van der Waals surface area contributed by atoms with Gasteiger partial charge >= 0.3 is 0 Å². The quantitative estimate of drug-likeness (QED) is 0.405. The van der Waals surface area contributed by atoms with Gasteiger partial charge in [-0.25, -0.2) is 0 Å². The number of carbonyl (C=O) groups is 1. The molecule has 3 N–H and O–H groups in total. The molecule has 0 spiro atoms. The number of carbonyl (C=O) groups excluding carboxylic acids is 1. The Balaban J connectivity index is 0.000000330. The van der Waals surface area contributed by atoms with E-state index in [9.17, 15) is 4.79 Å². The minimum Gasteiger partial charge on any atom is -0.350 e. The Labute approximate surface area is 201 Å². The molecule has 2 atom stereocenters. The van der Waals surface area contributed by atoms with Crippen LogP contribution in [0.2, 0.25) is 0 Å². The molecule has 0 aliphatic carbocycles. The highest BCUT2D eigenvalue weighted by Crippen LogP contribution is 2.22. The molecule has 0 aliphatic heterocycles. The normalized spacial score (nSPS) is 14.8.